The van der Waals surface area contributed by atoms with Gasteiger partial charge in [0.1, 0.15) is 6.54 Å². The second kappa shape index (κ2) is 6.96. The van der Waals surface area contributed by atoms with Gasteiger partial charge in [0.05, 0.1) is 0 Å². The Hall–Kier alpha value is -1.49. The Bertz CT molecular complexity index is 406. The van der Waals surface area contributed by atoms with Crippen LogP contribution in [0.15, 0.2) is 29.2 Å². The van der Waals surface area contributed by atoms with E-state index in [4.69, 9.17) is 5.11 Å². The molecule has 1 amide bonds. The van der Waals surface area contributed by atoms with E-state index in [-0.39, 0.29) is 12.5 Å². The number of carbonyl (C=O) groups is 2. The molecular weight excluding hydrogens is 238 g/mol. The Morgan fingerprint density at radius 2 is 2.06 bits per heavy atom. The van der Waals surface area contributed by atoms with Gasteiger partial charge in [0, 0.05) is 17.1 Å². The van der Waals surface area contributed by atoms with Crippen molar-refractivity contribution in [2.45, 2.75) is 18.2 Å². The molecule has 0 bridgehead atoms. The molecule has 0 saturated carbocycles. The van der Waals surface area contributed by atoms with E-state index in [1.54, 1.807) is 11.8 Å². The number of hydrogen-bond acceptors (Lipinski definition) is 3. The number of hydrogen-bond donors (Lipinski definition) is 2. The van der Waals surface area contributed by atoms with Gasteiger partial charge >= 0.3 is 5.97 Å². The molecule has 2 N–H and O–H groups in total. The van der Waals surface area contributed by atoms with E-state index >= 15 is 0 Å². The highest BCUT2D eigenvalue weighted by atomic mass is 32.2. The Morgan fingerprint density at radius 3 is 2.71 bits per heavy atom. The van der Waals surface area contributed by atoms with E-state index in [0.717, 1.165) is 4.90 Å². The molecule has 17 heavy (non-hydrogen) atoms. The minimum atomic E-state index is -1.02. The number of benzene rings is 1. The number of nitrogens with one attached hydrogen (secondary N) is 1. The van der Waals surface area contributed by atoms with Crippen LogP contribution in [0.2, 0.25) is 0 Å². The standard InChI is InChI=1S/C12H15NO3S/c1-9-4-2-3-5-10(9)17-7-6-11(14)13-8-12(15)16/h2-5H,6-8H2,1H3,(H,13,14)(H,15,16). The zero-order valence-electron chi connectivity index (χ0n) is 9.60. The summed E-state index contributed by atoms with van der Waals surface area (Å²) in [5.74, 6) is -0.602. The van der Waals surface area contributed by atoms with Crippen molar-refractivity contribution in [3.8, 4) is 0 Å². The molecule has 0 aliphatic carbocycles. The van der Waals surface area contributed by atoms with Gasteiger partial charge in [-0.15, -0.1) is 11.8 Å². The first-order valence-electron chi connectivity index (χ1n) is 5.26. The van der Waals surface area contributed by atoms with Crippen LogP contribution >= 0.6 is 11.8 Å². The molecule has 0 aliphatic rings. The lowest BCUT2D eigenvalue weighted by Gasteiger charge is -2.05. The van der Waals surface area contributed by atoms with E-state index in [1.165, 1.54) is 5.56 Å². The number of thioether (sulfide) groups is 1. The average molecular weight is 253 g/mol. The average Bonchev–Trinajstić information content (AvgIpc) is 2.29. The zero-order chi connectivity index (χ0) is 12.7. The van der Waals surface area contributed by atoms with Crippen LogP contribution in [-0.4, -0.2) is 29.3 Å². The van der Waals surface area contributed by atoms with Gasteiger partial charge in [-0.1, -0.05) is 18.2 Å². The second-order valence-corrected chi connectivity index (χ2v) is 4.67. The lowest BCUT2D eigenvalue weighted by atomic mass is 10.2. The second-order valence-electron chi connectivity index (χ2n) is 3.53. The number of rotatable bonds is 6. The molecule has 92 valence electrons. The van der Waals surface area contributed by atoms with Crippen LogP contribution in [0.3, 0.4) is 0 Å². The fourth-order valence-electron chi connectivity index (χ4n) is 1.23. The molecule has 0 atom stereocenters. The summed E-state index contributed by atoms with van der Waals surface area (Å²) in [6, 6.07) is 7.96. The maximum Gasteiger partial charge on any atom is 0.322 e. The topological polar surface area (TPSA) is 66.4 Å². The Morgan fingerprint density at radius 1 is 1.35 bits per heavy atom. The molecule has 1 aromatic carbocycles. The molecule has 5 heteroatoms. The highest BCUT2D eigenvalue weighted by Crippen LogP contribution is 2.22. The molecule has 0 saturated heterocycles. The third-order valence-corrected chi connectivity index (χ3v) is 3.29. The van der Waals surface area contributed by atoms with Crippen molar-refractivity contribution < 1.29 is 14.7 Å². The maximum atomic E-state index is 11.2. The summed E-state index contributed by atoms with van der Waals surface area (Å²) < 4.78 is 0. The first kappa shape index (κ1) is 13.6. The summed E-state index contributed by atoms with van der Waals surface area (Å²) in [5.41, 5.74) is 1.18. The first-order valence-corrected chi connectivity index (χ1v) is 6.25. The molecular formula is C12H15NO3S. The predicted octanol–water partition coefficient (Wildman–Crippen LogP) is 1.68. The normalized spacial score (nSPS) is 9.94. The minimum Gasteiger partial charge on any atom is -0.480 e. The van der Waals surface area contributed by atoms with Crippen LogP contribution in [-0.2, 0) is 9.59 Å². The SMILES string of the molecule is Cc1ccccc1SCCC(=O)NCC(=O)O. The Balaban J connectivity index is 2.26. The zero-order valence-corrected chi connectivity index (χ0v) is 10.4. The van der Waals surface area contributed by atoms with Crippen LogP contribution in [0.25, 0.3) is 0 Å². The van der Waals surface area contributed by atoms with Gasteiger partial charge in [-0.2, -0.15) is 0 Å². The fourth-order valence-corrected chi connectivity index (χ4v) is 2.21. The number of aryl methyl sites for hydroxylation is 1. The third kappa shape index (κ3) is 5.40. The molecule has 0 aliphatic heterocycles. The lowest BCUT2D eigenvalue weighted by molar-refractivity contribution is -0.137. The Labute approximate surface area is 104 Å². The summed E-state index contributed by atoms with van der Waals surface area (Å²) in [6.07, 6.45) is 0.326. The summed E-state index contributed by atoms with van der Waals surface area (Å²) in [6.45, 7) is 1.71. The smallest absolute Gasteiger partial charge is 0.322 e. The van der Waals surface area contributed by atoms with Gasteiger partial charge in [-0.3, -0.25) is 9.59 Å². The number of amides is 1. The lowest BCUT2D eigenvalue weighted by Crippen LogP contribution is -2.29. The quantitative estimate of drug-likeness (QED) is 0.757. The fraction of sp³-hybridized carbons (Fsp3) is 0.333. The van der Waals surface area contributed by atoms with E-state index in [2.05, 4.69) is 5.32 Å². The highest BCUT2D eigenvalue weighted by Gasteiger charge is 2.04. The predicted molar refractivity (Wildman–Crippen MR) is 67.2 cm³/mol. The van der Waals surface area contributed by atoms with Crippen molar-refractivity contribution in [3.63, 3.8) is 0 Å². The first-order chi connectivity index (χ1) is 8.09. The summed E-state index contributed by atoms with van der Waals surface area (Å²) in [5, 5.41) is 10.7. The minimum absolute atomic E-state index is 0.228. The van der Waals surface area contributed by atoms with Crippen LogP contribution in [0.4, 0.5) is 0 Å². The molecule has 0 unspecified atom stereocenters. The highest BCUT2D eigenvalue weighted by molar-refractivity contribution is 7.99. The van der Waals surface area contributed by atoms with E-state index in [9.17, 15) is 9.59 Å². The molecule has 0 heterocycles. The van der Waals surface area contributed by atoms with E-state index in [1.807, 2.05) is 31.2 Å². The monoisotopic (exact) mass is 253 g/mol. The summed E-state index contributed by atoms with van der Waals surface area (Å²) in [7, 11) is 0. The van der Waals surface area contributed by atoms with Crippen LogP contribution in [0.5, 0.6) is 0 Å². The van der Waals surface area contributed by atoms with Crippen LogP contribution in [0.1, 0.15) is 12.0 Å². The molecule has 0 aromatic heterocycles. The van der Waals surface area contributed by atoms with Crippen molar-refractivity contribution in [2.24, 2.45) is 0 Å². The molecule has 0 fully saturated rings. The largest absolute Gasteiger partial charge is 0.480 e. The van der Waals surface area contributed by atoms with Crippen molar-refractivity contribution in [2.75, 3.05) is 12.3 Å². The van der Waals surface area contributed by atoms with Gasteiger partial charge in [0.15, 0.2) is 0 Å². The number of aliphatic carboxylic acids is 1. The van der Waals surface area contributed by atoms with Crippen molar-refractivity contribution >= 4 is 23.6 Å². The van der Waals surface area contributed by atoms with Gasteiger partial charge < -0.3 is 10.4 Å². The van der Waals surface area contributed by atoms with Crippen molar-refractivity contribution in [1.29, 1.82) is 0 Å². The van der Waals surface area contributed by atoms with Gasteiger partial charge in [-0.05, 0) is 18.6 Å². The van der Waals surface area contributed by atoms with Crippen LogP contribution < -0.4 is 5.32 Å². The maximum absolute atomic E-state index is 11.2. The van der Waals surface area contributed by atoms with E-state index in [0.29, 0.717) is 12.2 Å². The summed E-state index contributed by atoms with van der Waals surface area (Å²) in [4.78, 5) is 22.6. The molecule has 0 radical (unpaired) electrons. The molecule has 1 aromatic rings. The molecule has 4 nitrogen and oxygen atoms in total. The number of carboxylic acid groups (broad SMARTS) is 1. The Kier molecular flexibility index (Phi) is 5.56. The van der Waals surface area contributed by atoms with Crippen LogP contribution in [0, 0.1) is 6.92 Å². The van der Waals surface area contributed by atoms with E-state index < -0.39 is 5.97 Å². The number of carbonyl (C=O) groups excluding carboxylic acids is 1. The van der Waals surface area contributed by atoms with Gasteiger partial charge in [0.25, 0.3) is 0 Å². The van der Waals surface area contributed by atoms with Crippen molar-refractivity contribution in [3.05, 3.63) is 29.8 Å². The molecule has 1 rings (SSSR count). The third-order valence-electron chi connectivity index (χ3n) is 2.12. The molecule has 0 spiro atoms. The summed E-state index contributed by atoms with van der Waals surface area (Å²) >= 11 is 1.60. The van der Waals surface area contributed by atoms with Gasteiger partial charge in [0.2, 0.25) is 5.91 Å². The number of carboxylic acids is 1. The van der Waals surface area contributed by atoms with Gasteiger partial charge in [-0.25, -0.2) is 0 Å². The van der Waals surface area contributed by atoms with Crippen molar-refractivity contribution in [1.82, 2.24) is 5.32 Å².